The van der Waals surface area contributed by atoms with Gasteiger partial charge in [-0.1, -0.05) is 91.6 Å². The Hall–Kier alpha value is -3.59. The number of benzene rings is 1. The van der Waals surface area contributed by atoms with Crippen LogP contribution in [0.2, 0.25) is 0 Å². The zero-order chi connectivity index (χ0) is 42.7. The molecule has 0 radical (unpaired) electrons. The van der Waals surface area contributed by atoms with Crippen molar-refractivity contribution in [2.24, 2.45) is 17.8 Å². The lowest BCUT2D eigenvalue weighted by Crippen LogP contribution is -2.57. The fourth-order valence-corrected chi connectivity index (χ4v) is 8.10. The number of hydrogen-bond donors (Lipinski definition) is 4. The quantitative estimate of drug-likeness (QED) is 0.156. The average molecular weight is 802 g/mol. The van der Waals surface area contributed by atoms with E-state index in [-0.39, 0.29) is 66.4 Å². The summed E-state index contributed by atoms with van der Waals surface area (Å²) in [6.07, 6.45) is 2.52. The van der Waals surface area contributed by atoms with E-state index in [4.69, 9.17) is 9.47 Å². The summed E-state index contributed by atoms with van der Waals surface area (Å²) >= 11 is 0. The summed E-state index contributed by atoms with van der Waals surface area (Å²) in [6.45, 7) is 17.6. The summed E-state index contributed by atoms with van der Waals surface area (Å²) in [5.74, 6) is -1.80. The van der Waals surface area contributed by atoms with Crippen LogP contribution in [0.15, 0.2) is 30.3 Å². The van der Waals surface area contributed by atoms with Crippen LogP contribution in [0.25, 0.3) is 0 Å². The standard InChI is InChI=1S/C40H67N7O7.C3H8/c1-10-27(4)36(45(7)34(49)25-43-40(52)35(26(2)3)46-21-18-42-19-22-46)32(53-8)24-33(48)47-20-14-17-31(47)37(54-9)28(5)38(50)44-30(39(51)41-6)23-29-15-12-11-13-16-29;1-3-2/h11-13,15-16,26-28,30-32,35-37,42H,10,14,17-25H2,1-9H3,(H,41,51)(H,43,52)(H,44,50);3H2,1-2H3. The van der Waals surface area contributed by atoms with Gasteiger partial charge in [0.2, 0.25) is 29.5 Å². The molecule has 5 amide bonds. The van der Waals surface area contributed by atoms with E-state index in [9.17, 15) is 24.0 Å². The Bertz CT molecular complexity index is 1380. The maximum Gasteiger partial charge on any atom is 0.242 e. The lowest BCUT2D eigenvalue weighted by atomic mass is 9.90. The first-order chi connectivity index (χ1) is 27.2. The van der Waals surface area contributed by atoms with Crippen LogP contribution in [0.5, 0.6) is 0 Å². The zero-order valence-electron chi connectivity index (χ0n) is 36.8. The van der Waals surface area contributed by atoms with Crippen molar-refractivity contribution in [2.75, 3.05) is 67.6 Å². The van der Waals surface area contributed by atoms with Crippen molar-refractivity contribution in [3.8, 4) is 0 Å². The molecule has 57 heavy (non-hydrogen) atoms. The van der Waals surface area contributed by atoms with Gasteiger partial charge < -0.3 is 40.5 Å². The van der Waals surface area contributed by atoms with E-state index in [1.807, 2.05) is 58.0 Å². The van der Waals surface area contributed by atoms with Gasteiger partial charge in [-0.3, -0.25) is 28.9 Å². The highest BCUT2D eigenvalue weighted by Gasteiger charge is 2.42. The van der Waals surface area contributed by atoms with Crippen LogP contribution in [0.3, 0.4) is 0 Å². The molecule has 0 bridgehead atoms. The summed E-state index contributed by atoms with van der Waals surface area (Å²) in [6, 6.07) is 7.59. The molecule has 14 heteroatoms. The molecule has 324 valence electrons. The Balaban J connectivity index is 0.00000362. The molecular formula is C43H75N7O7. The van der Waals surface area contributed by atoms with Gasteiger partial charge in [-0.25, -0.2) is 0 Å². The number of carbonyl (C=O) groups is 5. The van der Waals surface area contributed by atoms with Gasteiger partial charge >= 0.3 is 0 Å². The molecule has 0 saturated carbocycles. The Labute approximate surface area is 342 Å². The van der Waals surface area contributed by atoms with E-state index >= 15 is 0 Å². The first kappa shape index (κ1) is 49.6. The van der Waals surface area contributed by atoms with E-state index in [1.165, 1.54) is 13.5 Å². The summed E-state index contributed by atoms with van der Waals surface area (Å²) in [5, 5.41) is 11.8. The van der Waals surface area contributed by atoms with E-state index in [2.05, 4.69) is 40.0 Å². The molecule has 1 aromatic rings. The second-order valence-electron chi connectivity index (χ2n) is 15.9. The van der Waals surface area contributed by atoms with Gasteiger partial charge in [0.15, 0.2) is 0 Å². The van der Waals surface area contributed by atoms with Gasteiger partial charge in [0.25, 0.3) is 0 Å². The SMILES string of the molecule is CCC.CCC(C)C(C(CC(=O)N1CCCC1C(OC)C(C)C(=O)NC(Cc1ccccc1)C(=O)NC)OC)N(C)C(=O)CNC(=O)C(C(C)C)N1CCNCC1. The molecule has 2 aliphatic rings. The van der Waals surface area contributed by atoms with Gasteiger partial charge in [-0.05, 0) is 30.2 Å². The number of likely N-dealkylation sites (N-methyl/N-ethyl adjacent to an activating group) is 2. The molecule has 2 aliphatic heterocycles. The normalized spacial score (nSPS) is 19.5. The predicted molar refractivity (Wildman–Crippen MR) is 224 cm³/mol. The van der Waals surface area contributed by atoms with Gasteiger partial charge in [0.1, 0.15) is 6.04 Å². The van der Waals surface area contributed by atoms with Crippen molar-refractivity contribution >= 4 is 29.5 Å². The number of likely N-dealkylation sites (tertiary alicyclic amines) is 1. The number of amides is 5. The minimum absolute atomic E-state index is 0.00867. The van der Waals surface area contributed by atoms with Crippen LogP contribution in [0, 0.1) is 17.8 Å². The number of hydrogen-bond acceptors (Lipinski definition) is 9. The Morgan fingerprint density at radius 3 is 2.09 bits per heavy atom. The molecule has 1 aromatic carbocycles. The number of piperazine rings is 1. The third kappa shape index (κ3) is 14.6. The van der Waals surface area contributed by atoms with Crippen molar-refractivity contribution < 1.29 is 33.4 Å². The van der Waals surface area contributed by atoms with E-state index in [0.29, 0.717) is 19.4 Å². The number of rotatable bonds is 20. The molecule has 4 N–H and O–H groups in total. The molecule has 8 atom stereocenters. The largest absolute Gasteiger partial charge is 0.379 e. The molecule has 2 heterocycles. The highest BCUT2D eigenvalue weighted by molar-refractivity contribution is 5.89. The van der Waals surface area contributed by atoms with Gasteiger partial charge in [-0.15, -0.1) is 0 Å². The van der Waals surface area contributed by atoms with Crippen molar-refractivity contribution in [2.45, 2.75) is 123 Å². The van der Waals surface area contributed by atoms with Crippen molar-refractivity contribution in [3.05, 3.63) is 35.9 Å². The van der Waals surface area contributed by atoms with E-state index < -0.39 is 30.2 Å². The fourth-order valence-electron chi connectivity index (χ4n) is 8.10. The topological polar surface area (TPSA) is 162 Å². The molecule has 14 nitrogen and oxygen atoms in total. The van der Waals surface area contributed by atoms with Crippen molar-refractivity contribution in [1.29, 1.82) is 0 Å². The van der Waals surface area contributed by atoms with Crippen LogP contribution < -0.4 is 21.3 Å². The number of methoxy groups -OCH3 is 2. The number of ether oxygens (including phenoxy) is 2. The van der Waals surface area contributed by atoms with Crippen LogP contribution >= 0.6 is 0 Å². The second kappa shape index (κ2) is 25.7. The zero-order valence-corrected chi connectivity index (χ0v) is 36.8. The molecule has 0 aromatic heterocycles. The minimum Gasteiger partial charge on any atom is -0.379 e. The van der Waals surface area contributed by atoms with Gasteiger partial charge in [0.05, 0.1) is 49.2 Å². The van der Waals surface area contributed by atoms with E-state index in [1.54, 1.807) is 38.0 Å². The maximum absolute atomic E-state index is 14.1. The molecule has 2 fully saturated rings. The lowest BCUT2D eigenvalue weighted by molar-refractivity contribution is -0.146. The summed E-state index contributed by atoms with van der Waals surface area (Å²) in [5.41, 5.74) is 0.918. The lowest BCUT2D eigenvalue weighted by Gasteiger charge is -2.39. The van der Waals surface area contributed by atoms with Gasteiger partial charge in [0, 0.05) is 67.5 Å². The summed E-state index contributed by atoms with van der Waals surface area (Å²) in [4.78, 5) is 73.1. The van der Waals surface area contributed by atoms with Crippen LogP contribution in [-0.2, 0) is 39.9 Å². The minimum atomic E-state index is -0.775. The van der Waals surface area contributed by atoms with Crippen molar-refractivity contribution in [1.82, 2.24) is 36.0 Å². The van der Waals surface area contributed by atoms with E-state index in [0.717, 1.165) is 44.6 Å². The van der Waals surface area contributed by atoms with Crippen LogP contribution in [0.4, 0.5) is 0 Å². The highest BCUT2D eigenvalue weighted by atomic mass is 16.5. The number of nitrogens with zero attached hydrogens (tertiary/aromatic N) is 3. The smallest absolute Gasteiger partial charge is 0.242 e. The predicted octanol–water partition coefficient (Wildman–Crippen LogP) is 2.84. The average Bonchev–Trinajstić information content (AvgIpc) is 3.69. The van der Waals surface area contributed by atoms with Gasteiger partial charge in [-0.2, -0.15) is 0 Å². The second-order valence-corrected chi connectivity index (χ2v) is 15.9. The monoisotopic (exact) mass is 802 g/mol. The molecule has 3 rings (SSSR count). The summed E-state index contributed by atoms with van der Waals surface area (Å²) < 4.78 is 11.9. The molecule has 0 aliphatic carbocycles. The van der Waals surface area contributed by atoms with Crippen molar-refractivity contribution in [3.63, 3.8) is 0 Å². The van der Waals surface area contributed by atoms with Crippen LogP contribution in [-0.4, -0.2) is 148 Å². The maximum atomic E-state index is 14.1. The molecular weight excluding hydrogens is 727 g/mol. The Kier molecular flexibility index (Phi) is 22.3. The summed E-state index contributed by atoms with van der Waals surface area (Å²) in [7, 11) is 6.34. The van der Waals surface area contributed by atoms with Crippen LogP contribution in [0.1, 0.15) is 86.1 Å². The number of carbonyl (C=O) groups excluding carboxylic acids is 5. The third-order valence-corrected chi connectivity index (χ3v) is 11.3. The number of nitrogens with one attached hydrogen (secondary N) is 4. The fraction of sp³-hybridized carbons (Fsp3) is 0.744. The third-order valence-electron chi connectivity index (χ3n) is 11.3. The first-order valence-electron chi connectivity index (χ1n) is 21.1. The Morgan fingerprint density at radius 2 is 1.54 bits per heavy atom. The Morgan fingerprint density at radius 1 is 0.912 bits per heavy atom. The highest BCUT2D eigenvalue weighted by Crippen LogP contribution is 2.29. The first-order valence-corrected chi connectivity index (χ1v) is 21.1. The molecule has 8 unspecified atom stereocenters. The molecule has 2 saturated heterocycles. The molecule has 0 spiro atoms.